The van der Waals surface area contributed by atoms with Crippen LogP contribution in [-0.4, -0.2) is 43.8 Å². The van der Waals surface area contributed by atoms with Gasteiger partial charge < -0.3 is 14.6 Å². The van der Waals surface area contributed by atoms with E-state index in [0.29, 0.717) is 25.6 Å². The Morgan fingerprint density at radius 2 is 1.32 bits per heavy atom. The number of carbonyl (C=O) groups excluding carboxylic acids is 1. The van der Waals surface area contributed by atoms with Crippen LogP contribution in [0.25, 0.3) is 0 Å². The third-order valence-corrected chi connectivity index (χ3v) is 4.56. The Morgan fingerprint density at radius 1 is 0.786 bits per heavy atom. The molecule has 0 amide bonds. The lowest BCUT2D eigenvalue weighted by Crippen LogP contribution is -2.12. The zero-order valence-electron chi connectivity index (χ0n) is 18.5. The number of aliphatic hydroxyl groups excluding tert-OH is 1. The number of esters is 1. The van der Waals surface area contributed by atoms with Crippen LogP contribution in [0.1, 0.15) is 104 Å². The number of unbranched alkanes of at least 4 members (excludes halogenated alkanes) is 10. The molecule has 168 valence electrons. The summed E-state index contributed by atoms with van der Waals surface area (Å²) < 4.78 is 10.1. The van der Waals surface area contributed by atoms with Crippen LogP contribution in [0.5, 0.6) is 0 Å². The van der Waals surface area contributed by atoms with Gasteiger partial charge in [0.05, 0.1) is 19.8 Å². The normalized spacial score (nSPS) is 12.5. The Hall–Kier alpha value is -0.690. The Bertz CT molecular complexity index is 335. The Balaban J connectivity index is 3.18. The molecule has 0 radical (unpaired) electrons. The molecule has 28 heavy (non-hydrogen) atoms. The maximum Gasteiger partial charge on any atom is 0.305 e. The van der Waals surface area contributed by atoms with Crippen LogP contribution in [0.15, 0.2) is 0 Å². The second-order valence-corrected chi connectivity index (χ2v) is 7.65. The van der Waals surface area contributed by atoms with Crippen LogP contribution in [0, 0.1) is 0 Å². The topological polar surface area (TPSA) is 74.2 Å². The van der Waals surface area contributed by atoms with Gasteiger partial charge in [0.15, 0.2) is 6.29 Å². The molecule has 6 nitrogen and oxygen atoms in total. The standard InChI is InChI=1S/C22H44O6/c1-20(2)26-18-14-10-5-4-6-11-15-19-27-28-22(24)17-13-9-7-8-12-16-21(23)25-3/h20,22,24H,4-19H2,1-3H3. The summed E-state index contributed by atoms with van der Waals surface area (Å²) in [5.74, 6) is -0.145. The van der Waals surface area contributed by atoms with Gasteiger partial charge in [0.2, 0.25) is 0 Å². The zero-order valence-corrected chi connectivity index (χ0v) is 18.5. The monoisotopic (exact) mass is 404 g/mol. The Morgan fingerprint density at radius 3 is 1.93 bits per heavy atom. The molecule has 0 bridgehead atoms. The van der Waals surface area contributed by atoms with E-state index < -0.39 is 6.29 Å². The average molecular weight is 405 g/mol. The van der Waals surface area contributed by atoms with Crippen molar-refractivity contribution >= 4 is 5.97 Å². The van der Waals surface area contributed by atoms with Gasteiger partial charge in [0.1, 0.15) is 0 Å². The van der Waals surface area contributed by atoms with Gasteiger partial charge in [-0.2, -0.15) is 0 Å². The summed E-state index contributed by atoms with van der Waals surface area (Å²) in [5, 5.41) is 9.72. The van der Waals surface area contributed by atoms with E-state index in [4.69, 9.17) is 14.5 Å². The number of aliphatic hydroxyl groups is 1. The predicted molar refractivity (Wildman–Crippen MR) is 111 cm³/mol. The molecule has 0 spiro atoms. The first-order valence-electron chi connectivity index (χ1n) is 11.2. The lowest BCUT2D eigenvalue weighted by atomic mass is 10.1. The summed E-state index contributed by atoms with van der Waals surface area (Å²) in [6.45, 7) is 5.55. The van der Waals surface area contributed by atoms with E-state index in [1.807, 2.05) is 0 Å². The van der Waals surface area contributed by atoms with Crippen molar-refractivity contribution in [2.24, 2.45) is 0 Å². The summed E-state index contributed by atoms with van der Waals surface area (Å²) in [7, 11) is 1.42. The van der Waals surface area contributed by atoms with Crippen LogP contribution in [0.4, 0.5) is 0 Å². The second kappa shape index (κ2) is 21.0. The van der Waals surface area contributed by atoms with Crippen molar-refractivity contribution in [1.29, 1.82) is 0 Å². The quantitative estimate of drug-likeness (QED) is 0.0918. The zero-order chi connectivity index (χ0) is 20.9. The molecular weight excluding hydrogens is 360 g/mol. The van der Waals surface area contributed by atoms with Gasteiger partial charge in [-0.15, -0.1) is 0 Å². The minimum Gasteiger partial charge on any atom is -0.469 e. The molecule has 0 saturated carbocycles. The first-order valence-corrected chi connectivity index (χ1v) is 11.2. The van der Waals surface area contributed by atoms with Crippen LogP contribution >= 0.6 is 0 Å². The first kappa shape index (κ1) is 27.3. The van der Waals surface area contributed by atoms with Gasteiger partial charge in [-0.1, -0.05) is 51.4 Å². The molecule has 0 aliphatic carbocycles. The summed E-state index contributed by atoms with van der Waals surface area (Å²) in [4.78, 5) is 21.0. The number of rotatable bonds is 21. The molecule has 6 heteroatoms. The van der Waals surface area contributed by atoms with Crippen molar-refractivity contribution in [3.63, 3.8) is 0 Å². The molecule has 0 aromatic carbocycles. The van der Waals surface area contributed by atoms with E-state index in [2.05, 4.69) is 18.6 Å². The van der Waals surface area contributed by atoms with Crippen LogP contribution in [0.3, 0.4) is 0 Å². The molecule has 0 aliphatic rings. The molecule has 1 N–H and O–H groups in total. The Labute approximate surface area is 172 Å². The highest BCUT2D eigenvalue weighted by atomic mass is 17.2. The van der Waals surface area contributed by atoms with Gasteiger partial charge in [-0.05, 0) is 39.5 Å². The van der Waals surface area contributed by atoms with Crippen molar-refractivity contribution in [3.05, 3.63) is 0 Å². The van der Waals surface area contributed by atoms with Crippen molar-refractivity contribution in [1.82, 2.24) is 0 Å². The maximum absolute atomic E-state index is 11.0. The lowest BCUT2D eigenvalue weighted by molar-refractivity contribution is -0.370. The fraction of sp³-hybridized carbons (Fsp3) is 0.955. The average Bonchev–Trinajstić information content (AvgIpc) is 2.67. The molecule has 0 heterocycles. The highest BCUT2D eigenvalue weighted by Gasteiger charge is 2.05. The molecule has 1 unspecified atom stereocenters. The van der Waals surface area contributed by atoms with Gasteiger partial charge >= 0.3 is 5.97 Å². The van der Waals surface area contributed by atoms with Crippen LogP contribution in [-0.2, 0) is 24.0 Å². The molecular formula is C22H44O6. The van der Waals surface area contributed by atoms with Gasteiger partial charge in [-0.3, -0.25) is 4.79 Å². The van der Waals surface area contributed by atoms with Gasteiger partial charge in [0, 0.05) is 19.4 Å². The smallest absolute Gasteiger partial charge is 0.305 e. The number of carbonyl (C=O) groups is 1. The second-order valence-electron chi connectivity index (χ2n) is 7.65. The highest BCUT2D eigenvalue weighted by Crippen LogP contribution is 2.11. The molecule has 0 fully saturated rings. The fourth-order valence-electron chi connectivity index (χ4n) is 2.86. The number of ether oxygens (including phenoxy) is 2. The van der Waals surface area contributed by atoms with Crippen LogP contribution in [0.2, 0.25) is 0 Å². The fourth-order valence-corrected chi connectivity index (χ4v) is 2.86. The van der Waals surface area contributed by atoms with E-state index in [9.17, 15) is 9.90 Å². The van der Waals surface area contributed by atoms with E-state index in [1.54, 1.807) is 0 Å². The molecule has 0 aliphatic heterocycles. The molecule has 1 atom stereocenters. The van der Waals surface area contributed by atoms with E-state index in [1.165, 1.54) is 32.8 Å². The van der Waals surface area contributed by atoms with E-state index >= 15 is 0 Å². The lowest BCUT2D eigenvalue weighted by Gasteiger charge is -2.10. The Kier molecular flexibility index (Phi) is 20.5. The molecule has 0 aromatic heterocycles. The van der Waals surface area contributed by atoms with Crippen molar-refractivity contribution in [2.45, 2.75) is 116 Å². The number of hydrogen-bond donors (Lipinski definition) is 1. The third kappa shape index (κ3) is 21.6. The van der Waals surface area contributed by atoms with Crippen LogP contribution < -0.4 is 0 Å². The predicted octanol–water partition coefficient (Wildman–Crippen LogP) is 5.31. The van der Waals surface area contributed by atoms with E-state index in [0.717, 1.165) is 58.0 Å². The van der Waals surface area contributed by atoms with Crippen molar-refractivity contribution in [3.8, 4) is 0 Å². The van der Waals surface area contributed by atoms with Crippen molar-refractivity contribution in [2.75, 3.05) is 20.3 Å². The summed E-state index contributed by atoms with van der Waals surface area (Å²) in [5.41, 5.74) is 0. The number of hydrogen-bond acceptors (Lipinski definition) is 6. The van der Waals surface area contributed by atoms with E-state index in [-0.39, 0.29) is 5.97 Å². The maximum atomic E-state index is 11.0. The minimum atomic E-state index is -0.844. The SMILES string of the molecule is COC(=O)CCCCCCCC(O)OOCCCCCCCCCOC(C)C. The minimum absolute atomic E-state index is 0.145. The summed E-state index contributed by atoms with van der Waals surface area (Å²) in [6.07, 6.45) is 13.6. The molecule has 0 rings (SSSR count). The largest absolute Gasteiger partial charge is 0.469 e. The molecule has 0 saturated heterocycles. The van der Waals surface area contributed by atoms with Crippen molar-refractivity contribution < 1.29 is 29.1 Å². The number of methoxy groups -OCH3 is 1. The first-order chi connectivity index (χ1) is 13.6. The third-order valence-electron chi connectivity index (χ3n) is 4.56. The summed E-state index contributed by atoms with van der Waals surface area (Å²) in [6, 6.07) is 0. The van der Waals surface area contributed by atoms with Gasteiger partial charge in [-0.25, -0.2) is 9.78 Å². The highest BCUT2D eigenvalue weighted by molar-refractivity contribution is 5.68. The molecule has 0 aromatic rings. The summed E-state index contributed by atoms with van der Waals surface area (Å²) >= 11 is 0. The van der Waals surface area contributed by atoms with Gasteiger partial charge in [0.25, 0.3) is 0 Å².